The lowest BCUT2D eigenvalue weighted by Gasteiger charge is -2.14. The van der Waals surface area contributed by atoms with Crippen LogP contribution in [-0.4, -0.2) is 12.4 Å². The Hall–Kier alpha value is -1.42. The van der Waals surface area contributed by atoms with Gasteiger partial charge in [0, 0.05) is 5.69 Å². The molecule has 98 valence electrons. The van der Waals surface area contributed by atoms with Crippen LogP contribution in [0.3, 0.4) is 0 Å². The van der Waals surface area contributed by atoms with Gasteiger partial charge in [-0.05, 0) is 40.5 Å². The van der Waals surface area contributed by atoms with Crippen LogP contribution in [0.4, 0.5) is 18.9 Å². The summed E-state index contributed by atoms with van der Waals surface area (Å²) < 4.78 is 40.1. The summed E-state index contributed by atoms with van der Waals surface area (Å²) in [4.78, 5) is 0. The molecule has 0 bridgehead atoms. The first-order chi connectivity index (χ1) is 8.35. The molecule has 3 nitrogen and oxygen atoms in total. The Morgan fingerprint density at radius 1 is 1.50 bits per heavy atom. The highest BCUT2D eigenvalue weighted by molar-refractivity contribution is 9.10. The molecule has 1 N–H and O–H groups in total. The van der Waals surface area contributed by atoms with Crippen LogP contribution in [0.15, 0.2) is 22.7 Å². The van der Waals surface area contributed by atoms with Gasteiger partial charge in [0.25, 0.3) is 0 Å². The standard InChI is InChI=1S/C11H10BrF3N2O/c1-2-7(6-16)17-8-3-4-10(9(12)5-8)18-11(13,14)15/h3-5,7,17H,2H2,1H3. The Morgan fingerprint density at radius 2 is 2.17 bits per heavy atom. The molecule has 18 heavy (non-hydrogen) atoms. The van der Waals surface area contributed by atoms with E-state index in [2.05, 4.69) is 26.0 Å². The van der Waals surface area contributed by atoms with Crippen molar-refractivity contribution in [1.29, 1.82) is 5.26 Å². The molecule has 1 atom stereocenters. The van der Waals surface area contributed by atoms with Crippen molar-refractivity contribution in [2.45, 2.75) is 25.7 Å². The highest BCUT2D eigenvalue weighted by Gasteiger charge is 2.31. The normalized spacial score (nSPS) is 12.7. The molecular formula is C11H10BrF3N2O. The van der Waals surface area contributed by atoms with E-state index in [0.717, 1.165) is 0 Å². The molecule has 0 aromatic heterocycles. The molecule has 1 unspecified atom stereocenters. The number of ether oxygens (including phenoxy) is 1. The Bertz CT molecular complexity index is 457. The van der Waals surface area contributed by atoms with E-state index < -0.39 is 6.36 Å². The fourth-order valence-corrected chi connectivity index (χ4v) is 1.68. The first-order valence-electron chi connectivity index (χ1n) is 5.07. The first kappa shape index (κ1) is 14.6. The van der Waals surface area contributed by atoms with Gasteiger partial charge in [0.05, 0.1) is 10.5 Å². The van der Waals surface area contributed by atoms with Gasteiger partial charge in [-0.2, -0.15) is 5.26 Å². The largest absolute Gasteiger partial charge is 0.573 e. The molecule has 0 aliphatic rings. The summed E-state index contributed by atoms with van der Waals surface area (Å²) >= 11 is 2.99. The second kappa shape index (κ2) is 5.96. The number of anilines is 1. The summed E-state index contributed by atoms with van der Waals surface area (Å²) in [5.74, 6) is -0.321. The summed E-state index contributed by atoms with van der Waals surface area (Å²) in [5, 5.41) is 11.6. The number of hydrogen-bond acceptors (Lipinski definition) is 3. The van der Waals surface area contributed by atoms with E-state index in [1.54, 1.807) is 0 Å². The third-order valence-corrected chi connectivity index (χ3v) is 2.68. The number of halogens is 4. The third-order valence-electron chi connectivity index (χ3n) is 2.06. The highest BCUT2D eigenvalue weighted by atomic mass is 79.9. The third kappa shape index (κ3) is 4.45. The summed E-state index contributed by atoms with van der Waals surface area (Å²) in [7, 11) is 0. The second-order valence-electron chi connectivity index (χ2n) is 3.43. The SMILES string of the molecule is CCC(C#N)Nc1ccc(OC(F)(F)F)c(Br)c1. The summed E-state index contributed by atoms with van der Waals surface area (Å²) in [6.45, 7) is 1.83. The van der Waals surface area contributed by atoms with Gasteiger partial charge in [-0.25, -0.2) is 0 Å². The fraction of sp³-hybridized carbons (Fsp3) is 0.364. The summed E-state index contributed by atoms with van der Waals surface area (Å²) in [6.07, 6.45) is -4.13. The van der Waals surface area contributed by atoms with Crippen molar-refractivity contribution in [1.82, 2.24) is 0 Å². The van der Waals surface area contributed by atoms with Crippen molar-refractivity contribution >= 4 is 21.6 Å². The van der Waals surface area contributed by atoms with Gasteiger partial charge < -0.3 is 10.1 Å². The Morgan fingerprint density at radius 3 is 2.61 bits per heavy atom. The second-order valence-corrected chi connectivity index (χ2v) is 4.28. The average molecular weight is 323 g/mol. The van der Waals surface area contributed by atoms with Crippen LogP contribution in [0.25, 0.3) is 0 Å². The van der Waals surface area contributed by atoms with Gasteiger partial charge in [0.2, 0.25) is 0 Å². The zero-order chi connectivity index (χ0) is 13.8. The van der Waals surface area contributed by atoms with Gasteiger partial charge in [-0.1, -0.05) is 6.92 Å². The molecule has 0 saturated carbocycles. The molecule has 0 radical (unpaired) electrons. The van der Waals surface area contributed by atoms with E-state index in [9.17, 15) is 13.2 Å². The molecule has 0 amide bonds. The highest BCUT2D eigenvalue weighted by Crippen LogP contribution is 2.32. The zero-order valence-corrected chi connectivity index (χ0v) is 11.0. The van der Waals surface area contributed by atoms with Gasteiger partial charge in [-0.3, -0.25) is 0 Å². The monoisotopic (exact) mass is 322 g/mol. The van der Waals surface area contributed by atoms with Crippen LogP contribution in [0.5, 0.6) is 5.75 Å². The van der Waals surface area contributed by atoms with E-state index >= 15 is 0 Å². The van der Waals surface area contributed by atoms with E-state index in [1.807, 2.05) is 13.0 Å². The van der Waals surface area contributed by atoms with Gasteiger partial charge in [0.1, 0.15) is 11.8 Å². The van der Waals surface area contributed by atoms with Crippen molar-refractivity contribution in [3.8, 4) is 11.8 Å². The lowest BCUT2D eigenvalue weighted by Crippen LogP contribution is -2.18. The van der Waals surface area contributed by atoms with Gasteiger partial charge >= 0.3 is 6.36 Å². The molecule has 0 heterocycles. The molecule has 0 saturated heterocycles. The van der Waals surface area contributed by atoms with Crippen LogP contribution in [-0.2, 0) is 0 Å². The van der Waals surface area contributed by atoms with E-state index in [1.165, 1.54) is 18.2 Å². The molecule has 0 aliphatic heterocycles. The van der Waals surface area contributed by atoms with Crippen LogP contribution in [0.1, 0.15) is 13.3 Å². The quantitative estimate of drug-likeness (QED) is 0.909. The van der Waals surface area contributed by atoms with Crippen molar-refractivity contribution in [2.24, 2.45) is 0 Å². The van der Waals surface area contributed by atoms with Crippen molar-refractivity contribution in [3.63, 3.8) is 0 Å². The predicted molar refractivity (Wildman–Crippen MR) is 64.1 cm³/mol. The van der Waals surface area contributed by atoms with Crippen LogP contribution >= 0.6 is 15.9 Å². The minimum absolute atomic E-state index is 0.164. The van der Waals surface area contributed by atoms with E-state index in [0.29, 0.717) is 12.1 Å². The number of nitrogens with one attached hydrogen (secondary N) is 1. The Balaban J connectivity index is 2.83. The Labute approximate surface area is 111 Å². The number of nitriles is 1. The summed E-state index contributed by atoms with van der Waals surface area (Å²) in [5.41, 5.74) is 0.546. The van der Waals surface area contributed by atoms with Crippen molar-refractivity contribution in [2.75, 3.05) is 5.32 Å². The molecule has 7 heteroatoms. The maximum absolute atomic E-state index is 12.0. The van der Waals surface area contributed by atoms with Crippen LogP contribution in [0, 0.1) is 11.3 Å². The topological polar surface area (TPSA) is 45.0 Å². The van der Waals surface area contributed by atoms with E-state index in [-0.39, 0.29) is 16.3 Å². The number of benzene rings is 1. The maximum atomic E-state index is 12.0. The molecule has 0 spiro atoms. The number of hydrogen-bond donors (Lipinski definition) is 1. The molecule has 0 aliphatic carbocycles. The van der Waals surface area contributed by atoms with E-state index in [4.69, 9.17) is 5.26 Å². The summed E-state index contributed by atoms with van der Waals surface area (Å²) in [6, 6.07) is 5.69. The number of nitrogens with zero attached hydrogens (tertiary/aromatic N) is 1. The predicted octanol–water partition coefficient (Wildman–Crippen LogP) is 4.06. The van der Waals surface area contributed by atoms with Crippen molar-refractivity contribution in [3.05, 3.63) is 22.7 Å². The lowest BCUT2D eigenvalue weighted by molar-refractivity contribution is -0.274. The molecule has 1 rings (SSSR count). The fourth-order valence-electron chi connectivity index (χ4n) is 1.22. The average Bonchev–Trinajstić information content (AvgIpc) is 2.28. The zero-order valence-electron chi connectivity index (χ0n) is 9.38. The first-order valence-corrected chi connectivity index (χ1v) is 5.86. The van der Waals surface area contributed by atoms with Crippen molar-refractivity contribution < 1.29 is 17.9 Å². The van der Waals surface area contributed by atoms with Crippen LogP contribution in [0.2, 0.25) is 0 Å². The van der Waals surface area contributed by atoms with Gasteiger partial charge in [0.15, 0.2) is 0 Å². The number of rotatable bonds is 4. The molecule has 1 aromatic rings. The minimum Gasteiger partial charge on any atom is -0.405 e. The minimum atomic E-state index is -4.73. The van der Waals surface area contributed by atoms with Gasteiger partial charge in [-0.15, -0.1) is 13.2 Å². The van der Waals surface area contributed by atoms with Crippen LogP contribution < -0.4 is 10.1 Å². The Kier molecular flexibility index (Phi) is 4.84. The maximum Gasteiger partial charge on any atom is 0.573 e. The molecule has 0 fully saturated rings. The number of alkyl halides is 3. The lowest BCUT2D eigenvalue weighted by atomic mass is 10.2. The molecular weight excluding hydrogens is 313 g/mol. The smallest absolute Gasteiger partial charge is 0.405 e. The molecule has 1 aromatic carbocycles.